The normalized spacial score (nSPS) is 17.3. The highest BCUT2D eigenvalue weighted by molar-refractivity contribution is 8.01. The summed E-state index contributed by atoms with van der Waals surface area (Å²) >= 11 is 1.48. The number of rotatable bonds is 4. The Morgan fingerprint density at radius 1 is 1.47 bits per heavy atom. The Kier molecular flexibility index (Phi) is 3.33. The number of benzene rings is 1. The summed E-state index contributed by atoms with van der Waals surface area (Å²) < 4.78 is 4.54. The minimum atomic E-state index is -0.691. The van der Waals surface area contributed by atoms with Crippen molar-refractivity contribution in [3.63, 3.8) is 0 Å². The van der Waals surface area contributed by atoms with Crippen molar-refractivity contribution in [1.29, 1.82) is 0 Å². The Balaban J connectivity index is 2.21. The van der Waals surface area contributed by atoms with Crippen LogP contribution in [0.1, 0.15) is 24.8 Å². The quantitative estimate of drug-likeness (QED) is 0.894. The fourth-order valence-corrected chi connectivity index (χ4v) is 3.29. The largest absolute Gasteiger partial charge is 0.497 e. The lowest BCUT2D eigenvalue weighted by Crippen LogP contribution is -2.41. The average Bonchev–Trinajstić information content (AvgIpc) is 2.24. The number of carbonyl (C=O) groups is 1. The Morgan fingerprint density at radius 3 is 2.59 bits per heavy atom. The number of hydrogen-bond acceptors (Lipinski definition) is 3. The lowest BCUT2D eigenvalue weighted by Gasteiger charge is -2.37. The van der Waals surface area contributed by atoms with Gasteiger partial charge in [-0.25, -0.2) is 0 Å². The highest BCUT2D eigenvalue weighted by atomic mass is 32.2. The molecule has 3 nitrogen and oxygen atoms in total. The first-order valence-electron chi connectivity index (χ1n) is 5.64. The van der Waals surface area contributed by atoms with Crippen molar-refractivity contribution in [3.05, 3.63) is 23.8 Å². The minimum absolute atomic E-state index is 0.598. The Hall–Kier alpha value is -1.16. The van der Waals surface area contributed by atoms with Crippen LogP contribution in [0.5, 0.6) is 5.75 Å². The van der Waals surface area contributed by atoms with Gasteiger partial charge in [-0.1, -0.05) is 0 Å². The van der Waals surface area contributed by atoms with Crippen LogP contribution >= 0.6 is 11.8 Å². The first kappa shape index (κ1) is 12.3. The monoisotopic (exact) mass is 252 g/mol. The molecule has 0 aromatic heterocycles. The van der Waals surface area contributed by atoms with Crippen molar-refractivity contribution in [3.8, 4) is 5.75 Å². The van der Waals surface area contributed by atoms with Gasteiger partial charge in [0.25, 0.3) is 0 Å². The molecule has 0 radical (unpaired) electrons. The zero-order chi connectivity index (χ0) is 12.5. The van der Waals surface area contributed by atoms with Crippen molar-refractivity contribution >= 4 is 17.7 Å². The molecule has 1 aliphatic rings. The van der Waals surface area contributed by atoms with E-state index in [4.69, 9.17) is 4.74 Å². The molecule has 92 valence electrons. The van der Waals surface area contributed by atoms with Gasteiger partial charge in [0.1, 0.15) is 10.5 Å². The summed E-state index contributed by atoms with van der Waals surface area (Å²) in [5, 5.41) is 9.29. The van der Waals surface area contributed by atoms with E-state index >= 15 is 0 Å². The third kappa shape index (κ3) is 2.27. The third-order valence-corrected chi connectivity index (χ3v) is 4.89. The van der Waals surface area contributed by atoms with E-state index in [9.17, 15) is 9.90 Å². The van der Waals surface area contributed by atoms with Crippen LogP contribution in [0.2, 0.25) is 0 Å². The molecule has 0 atom stereocenters. The maximum absolute atomic E-state index is 11.3. The van der Waals surface area contributed by atoms with Crippen molar-refractivity contribution in [2.24, 2.45) is 0 Å². The van der Waals surface area contributed by atoms with E-state index in [0.717, 1.165) is 35.5 Å². The highest BCUT2D eigenvalue weighted by Crippen LogP contribution is 2.48. The van der Waals surface area contributed by atoms with Gasteiger partial charge in [-0.05, 0) is 49.9 Å². The lowest BCUT2D eigenvalue weighted by molar-refractivity contribution is -0.142. The summed E-state index contributed by atoms with van der Waals surface area (Å²) in [5.74, 6) is 0.119. The predicted molar refractivity (Wildman–Crippen MR) is 67.8 cm³/mol. The molecule has 0 spiro atoms. The number of hydrogen-bond donors (Lipinski definition) is 1. The topological polar surface area (TPSA) is 46.5 Å². The molecule has 0 saturated heterocycles. The molecule has 1 fully saturated rings. The molecule has 1 aliphatic carbocycles. The van der Waals surface area contributed by atoms with Crippen LogP contribution in [-0.2, 0) is 4.79 Å². The molecular formula is C13H16O3S. The van der Waals surface area contributed by atoms with Gasteiger partial charge in [0.05, 0.1) is 7.11 Å². The average molecular weight is 252 g/mol. The molecule has 2 rings (SSSR count). The molecular weight excluding hydrogens is 236 g/mol. The van der Waals surface area contributed by atoms with Crippen LogP contribution in [-0.4, -0.2) is 22.9 Å². The smallest absolute Gasteiger partial charge is 0.320 e. The maximum atomic E-state index is 11.3. The number of aryl methyl sites for hydroxylation is 1. The highest BCUT2D eigenvalue weighted by Gasteiger charge is 2.45. The van der Waals surface area contributed by atoms with Crippen LogP contribution < -0.4 is 4.74 Å². The van der Waals surface area contributed by atoms with Crippen molar-refractivity contribution < 1.29 is 14.6 Å². The number of aliphatic carboxylic acids is 1. The van der Waals surface area contributed by atoms with Gasteiger partial charge in [0.15, 0.2) is 0 Å². The van der Waals surface area contributed by atoms with Crippen molar-refractivity contribution in [2.75, 3.05) is 7.11 Å². The van der Waals surface area contributed by atoms with Gasteiger partial charge in [-0.3, -0.25) is 4.79 Å². The van der Waals surface area contributed by atoms with Crippen LogP contribution in [0, 0.1) is 6.92 Å². The van der Waals surface area contributed by atoms with E-state index in [2.05, 4.69) is 0 Å². The van der Waals surface area contributed by atoms with Crippen molar-refractivity contribution in [1.82, 2.24) is 0 Å². The molecule has 4 heteroatoms. The Bertz CT molecular complexity index is 438. The van der Waals surface area contributed by atoms with E-state index in [1.807, 2.05) is 25.1 Å². The summed E-state index contributed by atoms with van der Waals surface area (Å²) in [6.45, 7) is 1.99. The van der Waals surface area contributed by atoms with Crippen LogP contribution in [0.4, 0.5) is 0 Å². The summed E-state index contributed by atoms with van der Waals surface area (Å²) in [6, 6.07) is 5.77. The zero-order valence-corrected chi connectivity index (χ0v) is 10.8. The maximum Gasteiger partial charge on any atom is 0.320 e. The third-order valence-electron chi connectivity index (χ3n) is 3.24. The summed E-state index contributed by atoms with van der Waals surface area (Å²) in [6.07, 6.45) is 2.53. The van der Waals surface area contributed by atoms with E-state index in [0.29, 0.717) is 0 Å². The van der Waals surface area contributed by atoms with Gasteiger partial charge in [-0.2, -0.15) is 0 Å². The lowest BCUT2D eigenvalue weighted by atomic mass is 9.84. The second-order valence-corrected chi connectivity index (χ2v) is 5.81. The SMILES string of the molecule is COc1ccc(SC2(C(=O)O)CCC2)c(C)c1. The van der Waals surface area contributed by atoms with Gasteiger partial charge < -0.3 is 9.84 Å². The van der Waals surface area contributed by atoms with Gasteiger partial charge in [0.2, 0.25) is 0 Å². The van der Waals surface area contributed by atoms with Gasteiger partial charge in [0, 0.05) is 4.90 Å². The zero-order valence-electron chi connectivity index (χ0n) is 10.0. The molecule has 0 unspecified atom stereocenters. The number of methoxy groups -OCH3 is 1. The minimum Gasteiger partial charge on any atom is -0.497 e. The van der Waals surface area contributed by atoms with Crippen molar-refractivity contribution in [2.45, 2.75) is 35.8 Å². The summed E-state index contributed by atoms with van der Waals surface area (Å²) in [7, 11) is 1.63. The van der Waals surface area contributed by atoms with Crippen LogP contribution in [0.25, 0.3) is 0 Å². The fourth-order valence-electron chi connectivity index (χ4n) is 1.93. The van der Waals surface area contributed by atoms with Gasteiger partial charge in [-0.15, -0.1) is 11.8 Å². The van der Waals surface area contributed by atoms with E-state index in [1.165, 1.54) is 11.8 Å². The Labute approximate surface area is 105 Å². The molecule has 1 saturated carbocycles. The Morgan fingerprint density at radius 2 is 2.18 bits per heavy atom. The molecule has 1 aromatic carbocycles. The first-order chi connectivity index (χ1) is 8.07. The molecule has 17 heavy (non-hydrogen) atoms. The molecule has 1 N–H and O–H groups in total. The van der Waals surface area contributed by atoms with Gasteiger partial charge >= 0.3 is 5.97 Å². The fraction of sp³-hybridized carbons (Fsp3) is 0.462. The second kappa shape index (κ2) is 4.61. The summed E-state index contributed by atoms with van der Waals surface area (Å²) in [4.78, 5) is 12.3. The molecule has 0 bridgehead atoms. The second-order valence-electron chi connectivity index (χ2n) is 4.39. The number of ether oxygens (including phenoxy) is 1. The molecule has 0 heterocycles. The van der Waals surface area contributed by atoms with Crippen LogP contribution in [0.3, 0.4) is 0 Å². The molecule has 1 aromatic rings. The molecule has 0 amide bonds. The van der Waals surface area contributed by atoms with E-state index in [1.54, 1.807) is 7.11 Å². The first-order valence-corrected chi connectivity index (χ1v) is 6.46. The van der Waals surface area contributed by atoms with Crippen LogP contribution in [0.15, 0.2) is 23.1 Å². The molecule has 0 aliphatic heterocycles. The predicted octanol–water partition coefficient (Wildman–Crippen LogP) is 3.10. The van der Waals surface area contributed by atoms with E-state index < -0.39 is 10.7 Å². The number of carboxylic acid groups (broad SMARTS) is 1. The standard InChI is InChI=1S/C13H16O3S/c1-9-8-10(16-2)4-5-11(9)17-13(12(14)15)6-3-7-13/h4-5,8H,3,6-7H2,1-2H3,(H,14,15). The number of carboxylic acids is 1. The number of thioether (sulfide) groups is 1. The van der Waals surface area contributed by atoms with E-state index in [-0.39, 0.29) is 0 Å². The summed E-state index contributed by atoms with van der Waals surface area (Å²) in [5.41, 5.74) is 1.07.